The molecule has 1 fully saturated rings. The van der Waals surface area contributed by atoms with Gasteiger partial charge in [-0.05, 0) is 18.6 Å². The van der Waals surface area contributed by atoms with Crippen molar-refractivity contribution in [3.63, 3.8) is 0 Å². The number of rotatable bonds is 3. The van der Waals surface area contributed by atoms with Gasteiger partial charge in [0.15, 0.2) is 15.4 Å². The minimum atomic E-state index is -3.00. The lowest BCUT2D eigenvalue weighted by molar-refractivity contribution is -0.116. The van der Waals surface area contributed by atoms with Crippen LogP contribution in [-0.2, 0) is 14.6 Å². The number of carbonyl (C=O) groups is 1. The Balaban J connectivity index is 1.64. The van der Waals surface area contributed by atoms with Crippen LogP contribution in [0.3, 0.4) is 0 Å². The zero-order valence-corrected chi connectivity index (χ0v) is 12.0. The largest absolute Gasteiger partial charge is 0.437 e. The third-order valence-electron chi connectivity index (χ3n) is 3.27. The minimum absolute atomic E-state index is 0.00939. The standard InChI is InChI=1S/C14H14N2O4S/c17-13(15-10-7-8-21(18,19)9-10)5-6-14-16-11-3-1-2-4-12(11)20-14/h1-6,10H,7-9H2,(H,15,17)/b6-5+/t10-/m0/s1. The Kier molecular flexibility index (Phi) is 3.50. The molecule has 0 aliphatic carbocycles. The molecule has 1 amide bonds. The molecule has 7 heteroatoms. The molecule has 0 unspecified atom stereocenters. The molecule has 1 N–H and O–H groups in total. The van der Waals surface area contributed by atoms with Crippen LogP contribution in [0.2, 0.25) is 0 Å². The van der Waals surface area contributed by atoms with E-state index in [0.29, 0.717) is 17.9 Å². The monoisotopic (exact) mass is 306 g/mol. The number of carbonyl (C=O) groups excluding carboxylic acids is 1. The second-order valence-corrected chi connectivity index (χ2v) is 7.19. The predicted octanol–water partition coefficient (Wildman–Crippen LogP) is 1.14. The second kappa shape index (κ2) is 5.33. The molecule has 1 saturated heterocycles. The number of para-hydroxylation sites is 2. The molecule has 2 heterocycles. The van der Waals surface area contributed by atoms with Crippen molar-refractivity contribution in [3.8, 4) is 0 Å². The molecule has 0 bridgehead atoms. The summed E-state index contributed by atoms with van der Waals surface area (Å²) in [7, 11) is -3.00. The minimum Gasteiger partial charge on any atom is -0.437 e. The predicted molar refractivity (Wildman–Crippen MR) is 78.2 cm³/mol. The smallest absolute Gasteiger partial charge is 0.244 e. The van der Waals surface area contributed by atoms with Crippen LogP contribution >= 0.6 is 0 Å². The first kappa shape index (κ1) is 13.8. The summed E-state index contributed by atoms with van der Waals surface area (Å²) in [5, 5.41) is 2.66. The molecule has 0 radical (unpaired) electrons. The van der Waals surface area contributed by atoms with Gasteiger partial charge in [-0.3, -0.25) is 4.79 Å². The average molecular weight is 306 g/mol. The Morgan fingerprint density at radius 3 is 2.90 bits per heavy atom. The maximum absolute atomic E-state index is 11.7. The Morgan fingerprint density at radius 2 is 2.19 bits per heavy atom. The molecule has 0 saturated carbocycles. The van der Waals surface area contributed by atoms with E-state index in [0.717, 1.165) is 5.52 Å². The molecule has 3 rings (SSSR count). The van der Waals surface area contributed by atoms with Crippen molar-refractivity contribution in [1.29, 1.82) is 0 Å². The van der Waals surface area contributed by atoms with E-state index >= 15 is 0 Å². The number of aromatic nitrogens is 1. The summed E-state index contributed by atoms with van der Waals surface area (Å²) < 4.78 is 28.1. The maximum Gasteiger partial charge on any atom is 0.244 e. The lowest BCUT2D eigenvalue weighted by Crippen LogP contribution is -2.34. The number of amides is 1. The molecule has 1 aromatic heterocycles. The fourth-order valence-corrected chi connectivity index (χ4v) is 3.94. The summed E-state index contributed by atoms with van der Waals surface area (Å²) in [6, 6.07) is 7.00. The third-order valence-corrected chi connectivity index (χ3v) is 5.03. The number of hydrogen-bond acceptors (Lipinski definition) is 5. The number of oxazole rings is 1. The van der Waals surface area contributed by atoms with Gasteiger partial charge in [0.25, 0.3) is 0 Å². The van der Waals surface area contributed by atoms with Gasteiger partial charge in [0, 0.05) is 18.2 Å². The number of nitrogens with zero attached hydrogens (tertiary/aromatic N) is 1. The van der Waals surface area contributed by atoms with E-state index in [2.05, 4.69) is 10.3 Å². The van der Waals surface area contributed by atoms with Crippen molar-refractivity contribution in [2.24, 2.45) is 0 Å². The summed E-state index contributed by atoms with van der Waals surface area (Å²) in [5.74, 6) is 0.132. The summed E-state index contributed by atoms with van der Waals surface area (Å²) in [6.45, 7) is 0. The van der Waals surface area contributed by atoms with Crippen molar-refractivity contribution in [1.82, 2.24) is 10.3 Å². The van der Waals surface area contributed by atoms with E-state index in [1.807, 2.05) is 18.2 Å². The Bertz CT molecular complexity index is 774. The van der Waals surface area contributed by atoms with Crippen molar-refractivity contribution in [2.75, 3.05) is 11.5 Å². The highest BCUT2D eigenvalue weighted by atomic mass is 32.2. The lowest BCUT2D eigenvalue weighted by Gasteiger charge is -2.07. The van der Waals surface area contributed by atoms with Crippen LogP contribution in [0.4, 0.5) is 0 Å². The molecule has 1 aliphatic heterocycles. The first-order valence-electron chi connectivity index (χ1n) is 6.56. The number of benzene rings is 1. The first-order valence-corrected chi connectivity index (χ1v) is 8.38. The van der Waals surface area contributed by atoms with E-state index in [1.54, 1.807) is 6.07 Å². The van der Waals surface area contributed by atoms with Crippen LogP contribution < -0.4 is 5.32 Å². The number of sulfone groups is 1. The quantitative estimate of drug-likeness (QED) is 0.859. The average Bonchev–Trinajstić information content (AvgIpc) is 2.99. The van der Waals surface area contributed by atoms with Gasteiger partial charge in [0.05, 0.1) is 11.5 Å². The van der Waals surface area contributed by atoms with Crippen molar-refractivity contribution in [2.45, 2.75) is 12.5 Å². The molecule has 1 atom stereocenters. The van der Waals surface area contributed by atoms with Crippen LogP contribution in [0.5, 0.6) is 0 Å². The number of nitrogens with one attached hydrogen (secondary N) is 1. The van der Waals surface area contributed by atoms with E-state index in [-0.39, 0.29) is 23.5 Å². The van der Waals surface area contributed by atoms with Gasteiger partial charge in [-0.2, -0.15) is 0 Å². The molecule has 2 aromatic rings. The van der Waals surface area contributed by atoms with Gasteiger partial charge < -0.3 is 9.73 Å². The molecule has 6 nitrogen and oxygen atoms in total. The molecule has 1 aliphatic rings. The maximum atomic E-state index is 11.7. The molecule has 0 spiro atoms. The van der Waals surface area contributed by atoms with Gasteiger partial charge in [0.1, 0.15) is 5.52 Å². The molecular formula is C14H14N2O4S. The zero-order valence-electron chi connectivity index (χ0n) is 11.2. The third kappa shape index (κ3) is 3.30. The summed E-state index contributed by atoms with van der Waals surface area (Å²) in [4.78, 5) is 15.9. The Morgan fingerprint density at radius 1 is 1.38 bits per heavy atom. The molecule has 1 aromatic carbocycles. The topological polar surface area (TPSA) is 89.3 Å². The van der Waals surface area contributed by atoms with Gasteiger partial charge in [0.2, 0.25) is 11.8 Å². The number of fused-ring (bicyclic) bond motifs is 1. The summed E-state index contributed by atoms with van der Waals surface area (Å²) in [6.07, 6.45) is 3.24. The van der Waals surface area contributed by atoms with E-state index in [1.165, 1.54) is 12.2 Å². The highest BCUT2D eigenvalue weighted by Crippen LogP contribution is 2.15. The van der Waals surface area contributed by atoms with E-state index in [4.69, 9.17) is 4.42 Å². The van der Waals surface area contributed by atoms with Crippen LogP contribution in [0, 0.1) is 0 Å². The fraction of sp³-hybridized carbons (Fsp3) is 0.286. The Labute approximate surface area is 121 Å². The molecular weight excluding hydrogens is 292 g/mol. The van der Waals surface area contributed by atoms with Crippen molar-refractivity contribution in [3.05, 3.63) is 36.2 Å². The van der Waals surface area contributed by atoms with Crippen LogP contribution in [0.15, 0.2) is 34.8 Å². The highest BCUT2D eigenvalue weighted by molar-refractivity contribution is 7.91. The van der Waals surface area contributed by atoms with Crippen LogP contribution in [0.25, 0.3) is 17.2 Å². The van der Waals surface area contributed by atoms with Crippen molar-refractivity contribution >= 4 is 32.9 Å². The van der Waals surface area contributed by atoms with Gasteiger partial charge in [-0.1, -0.05) is 12.1 Å². The number of hydrogen-bond donors (Lipinski definition) is 1. The van der Waals surface area contributed by atoms with E-state index in [9.17, 15) is 13.2 Å². The SMILES string of the molecule is O=C(/C=C/c1nc2ccccc2o1)N[C@H]1CCS(=O)(=O)C1. The summed E-state index contributed by atoms with van der Waals surface area (Å²) >= 11 is 0. The molecule has 110 valence electrons. The van der Waals surface area contributed by atoms with Gasteiger partial charge >= 0.3 is 0 Å². The normalized spacial score (nSPS) is 21.0. The second-order valence-electron chi connectivity index (χ2n) is 4.96. The fourth-order valence-electron chi connectivity index (χ4n) is 2.27. The first-order chi connectivity index (χ1) is 10.0. The molecule has 21 heavy (non-hydrogen) atoms. The van der Waals surface area contributed by atoms with Gasteiger partial charge in [-0.25, -0.2) is 13.4 Å². The van der Waals surface area contributed by atoms with E-state index < -0.39 is 9.84 Å². The van der Waals surface area contributed by atoms with Gasteiger partial charge in [-0.15, -0.1) is 0 Å². The Hall–Kier alpha value is -2.15. The summed E-state index contributed by atoms with van der Waals surface area (Å²) in [5.41, 5.74) is 1.37. The lowest BCUT2D eigenvalue weighted by atomic mass is 10.2. The van der Waals surface area contributed by atoms with Crippen LogP contribution in [-0.4, -0.2) is 36.9 Å². The zero-order chi connectivity index (χ0) is 14.9. The highest BCUT2D eigenvalue weighted by Gasteiger charge is 2.28. The van der Waals surface area contributed by atoms with Crippen molar-refractivity contribution < 1.29 is 17.6 Å². The van der Waals surface area contributed by atoms with Crippen LogP contribution in [0.1, 0.15) is 12.3 Å².